The van der Waals surface area contributed by atoms with E-state index in [0.717, 1.165) is 0 Å². The van der Waals surface area contributed by atoms with Crippen molar-refractivity contribution in [2.24, 2.45) is 0 Å². The average Bonchev–Trinajstić information content (AvgIpc) is 2.01. The van der Waals surface area contributed by atoms with Crippen molar-refractivity contribution in [1.29, 1.82) is 0 Å². The molecule has 0 aromatic heterocycles. The van der Waals surface area contributed by atoms with E-state index < -0.39 is 20.2 Å². The molecule has 9 heteroatoms. The van der Waals surface area contributed by atoms with Gasteiger partial charge in [-0.2, -0.15) is 16.8 Å². The fraction of sp³-hybridized carbons (Fsp3) is 0.143. The molecule has 16 heavy (non-hydrogen) atoms. The molecule has 0 heterocycles. The van der Waals surface area contributed by atoms with Gasteiger partial charge in [0.2, 0.25) is 0 Å². The van der Waals surface area contributed by atoms with E-state index in [-0.39, 0.29) is 17.3 Å². The minimum absolute atomic E-state index is 0. The summed E-state index contributed by atoms with van der Waals surface area (Å²) in [6.07, 6.45) is 0.715. The molecule has 0 atom stereocenters. The molecule has 0 aliphatic rings. The monoisotopic (exact) mass is 290 g/mol. The largest absolute Gasteiger partial charge is 0.294 e. The van der Waals surface area contributed by atoms with Crippen LogP contribution in [0.15, 0.2) is 35.2 Å². The molecule has 0 spiro atoms. The fourth-order valence-corrected chi connectivity index (χ4v) is 1.09. The van der Waals surface area contributed by atoms with E-state index in [4.69, 9.17) is 9.11 Å². The molecule has 0 saturated heterocycles. The van der Waals surface area contributed by atoms with E-state index in [0.29, 0.717) is 6.26 Å². The maximum Gasteiger partial charge on any atom is 0.294 e. The van der Waals surface area contributed by atoms with Crippen LogP contribution in [0, 0.1) is 0 Å². The summed E-state index contributed by atoms with van der Waals surface area (Å²) in [5.74, 6) is 0. The molecule has 1 rings (SSSR count). The first-order valence-corrected chi connectivity index (χ1v) is 6.84. The third-order valence-corrected chi connectivity index (χ3v) is 1.91. The standard InChI is InChI=1S/C6H6O3S.CH4O3S.ClH/c7-10(8,9)6-4-2-1-3-5-6;1-5(2,3)4;/h1-5H,(H,7,8,9);1H3,(H,2,3,4);1H. The molecule has 2 N–H and O–H groups in total. The van der Waals surface area contributed by atoms with Gasteiger partial charge in [-0.1, -0.05) is 18.2 Å². The van der Waals surface area contributed by atoms with Crippen molar-refractivity contribution in [2.45, 2.75) is 4.90 Å². The average molecular weight is 291 g/mol. The van der Waals surface area contributed by atoms with E-state index in [2.05, 4.69) is 0 Å². The van der Waals surface area contributed by atoms with Crippen LogP contribution in [0.1, 0.15) is 0 Å². The first kappa shape index (κ1) is 17.7. The van der Waals surface area contributed by atoms with Gasteiger partial charge in [-0.15, -0.1) is 12.4 Å². The van der Waals surface area contributed by atoms with E-state index in [1.807, 2.05) is 0 Å². The Bertz CT molecular complexity index is 485. The highest BCUT2D eigenvalue weighted by atomic mass is 35.5. The lowest BCUT2D eigenvalue weighted by Gasteiger charge is -1.92. The maximum atomic E-state index is 10.4. The Morgan fingerprint density at radius 3 is 1.44 bits per heavy atom. The second kappa shape index (κ2) is 6.81. The van der Waals surface area contributed by atoms with Crippen LogP contribution in [0.25, 0.3) is 0 Å². The summed E-state index contributed by atoms with van der Waals surface area (Å²) in [6, 6.07) is 7.42. The van der Waals surface area contributed by atoms with Gasteiger partial charge in [0.05, 0.1) is 11.2 Å². The first-order chi connectivity index (χ1) is 6.61. The predicted octanol–water partition coefficient (Wildman–Crippen LogP) is 0.859. The van der Waals surface area contributed by atoms with Crippen LogP contribution in [0.4, 0.5) is 0 Å². The SMILES string of the molecule is CS(=O)(=O)O.Cl.O=S(=O)(O)c1ccccc1. The molecule has 94 valence electrons. The molecule has 0 amide bonds. The highest BCUT2D eigenvalue weighted by Crippen LogP contribution is 2.05. The molecule has 0 radical (unpaired) electrons. The third kappa shape index (κ3) is 11.4. The molecule has 1 aromatic rings. The van der Waals surface area contributed by atoms with Crippen molar-refractivity contribution in [3.05, 3.63) is 30.3 Å². The van der Waals surface area contributed by atoms with Crippen molar-refractivity contribution in [2.75, 3.05) is 6.26 Å². The lowest BCUT2D eigenvalue weighted by atomic mass is 10.4. The van der Waals surface area contributed by atoms with Crippen molar-refractivity contribution < 1.29 is 25.9 Å². The van der Waals surface area contributed by atoms with Gasteiger partial charge in [-0.05, 0) is 12.1 Å². The molecule has 0 saturated carbocycles. The second-order valence-corrected chi connectivity index (χ2v) is 5.41. The zero-order chi connectivity index (χ0) is 12.1. The molecule has 6 nitrogen and oxygen atoms in total. The van der Waals surface area contributed by atoms with Crippen molar-refractivity contribution in [3.63, 3.8) is 0 Å². The molecular formula is C7H11ClO6S2. The van der Waals surface area contributed by atoms with Gasteiger partial charge in [0.15, 0.2) is 0 Å². The number of benzene rings is 1. The highest BCUT2D eigenvalue weighted by Gasteiger charge is 2.05. The molecule has 0 bridgehead atoms. The Morgan fingerprint density at radius 1 is 0.938 bits per heavy atom. The number of rotatable bonds is 1. The third-order valence-electron chi connectivity index (χ3n) is 1.04. The summed E-state index contributed by atoms with van der Waals surface area (Å²) in [4.78, 5) is -0.0741. The molecule has 1 aromatic carbocycles. The summed E-state index contributed by atoms with van der Waals surface area (Å²) < 4.78 is 55.1. The minimum Gasteiger partial charge on any atom is -0.286 e. The van der Waals surface area contributed by atoms with Crippen molar-refractivity contribution >= 4 is 32.6 Å². The zero-order valence-corrected chi connectivity index (χ0v) is 10.6. The Morgan fingerprint density at radius 2 is 1.25 bits per heavy atom. The topological polar surface area (TPSA) is 109 Å². The quantitative estimate of drug-likeness (QED) is 0.743. The second-order valence-electron chi connectivity index (χ2n) is 2.52. The Hall–Kier alpha value is -0.670. The number of halogens is 1. The molecule has 0 aliphatic heterocycles. The van der Waals surface area contributed by atoms with Gasteiger partial charge in [0.25, 0.3) is 20.2 Å². The van der Waals surface area contributed by atoms with Crippen LogP contribution < -0.4 is 0 Å². The summed E-state index contributed by atoms with van der Waals surface area (Å²) in [5, 5.41) is 0. The van der Waals surface area contributed by atoms with Crippen LogP contribution in [0.3, 0.4) is 0 Å². The lowest BCUT2D eigenvalue weighted by molar-refractivity contribution is 0.482. The normalized spacial score (nSPS) is 10.7. The summed E-state index contributed by atoms with van der Waals surface area (Å²) in [6.45, 7) is 0. The smallest absolute Gasteiger partial charge is 0.286 e. The van der Waals surface area contributed by atoms with Gasteiger partial charge >= 0.3 is 0 Å². The summed E-state index contributed by atoms with van der Waals surface area (Å²) >= 11 is 0. The molecular weight excluding hydrogens is 280 g/mol. The Kier molecular flexibility index (Phi) is 7.55. The van der Waals surface area contributed by atoms with Gasteiger partial charge in [-0.25, -0.2) is 0 Å². The van der Waals surface area contributed by atoms with Gasteiger partial charge in [-0.3, -0.25) is 9.11 Å². The van der Waals surface area contributed by atoms with E-state index >= 15 is 0 Å². The van der Waals surface area contributed by atoms with Crippen LogP contribution in [0.2, 0.25) is 0 Å². The molecule has 0 fully saturated rings. The van der Waals surface area contributed by atoms with E-state index in [1.54, 1.807) is 18.2 Å². The zero-order valence-electron chi connectivity index (χ0n) is 8.14. The van der Waals surface area contributed by atoms with Gasteiger partial charge < -0.3 is 0 Å². The highest BCUT2D eigenvalue weighted by molar-refractivity contribution is 7.85. The summed E-state index contributed by atoms with van der Waals surface area (Å²) in [5.41, 5.74) is 0. The maximum absolute atomic E-state index is 10.4. The summed E-state index contributed by atoms with van der Waals surface area (Å²) in [7, 11) is -7.67. The number of hydrogen-bond acceptors (Lipinski definition) is 4. The van der Waals surface area contributed by atoms with Gasteiger partial charge in [0, 0.05) is 0 Å². The van der Waals surface area contributed by atoms with Crippen LogP contribution in [0.5, 0.6) is 0 Å². The van der Waals surface area contributed by atoms with Crippen LogP contribution >= 0.6 is 12.4 Å². The van der Waals surface area contributed by atoms with E-state index in [9.17, 15) is 16.8 Å². The van der Waals surface area contributed by atoms with Crippen molar-refractivity contribution in [3.8, 4) is 0 Å². The molecule has 0 unspecified atom stereocenters. The molecule has 0 aliphatic carbocycles. The minimum atomic E-state index is -4.00. The van der Waals surface area contributed by atoms with Crippen LogP contribution in [-0.4, -0.2) is 32.2 Å². The Balaban J connectivity index is 0. The lowest BCUT2D eigenvalue weighted by Crippen LogP contribution is -1.96. The Labute approximate surface area is 100 Å². The van der Waals surface area contributed by atoms with E-state index in [1.165, 1.54) is 12.1 Å². The number of hydrogen-bond donors (Lipinski definition) is 2. The first-order valence-electron chi connectivity index (χ1n) is 3.55. The fourth-order valence-electron chi connectivity index (χ4n) is 0.592. The van der Waals surface area contributed by atoms with Gasteiger partial charge in [0.1, 0.15) is 0 Å². The predicted molar refractivity (Wildman–Crippen MR) is 61.0 cm³/mol. The van der Waals surface area contributed by atoms with Crippen molar-refractivity contribution in [1.82, 2.24) is 0 Å². The van der Waals surface area contributed by atoms with Crippen LogP contribution in [-0.2, 0) is 20.2 Å².